The van der Waals surface area contributed by atoms with Crippen LogP contribution in [0.25, 0.3) is 0 Å². The fourth-order valence-corrected chi connectivity index (χ4v) is 2.62. The molecule has 1 rings (SSSR count). The van der Waals surface area contributed by atoms with Crippen LogP contribution in [-0.4, -0.2) is 50.4 Å². The monoisotopic (exact) mass is 422 g/mol. The van der Waals surface area contributed by atoms with Gasteiger partial charge in [0.2, 0.25) is 5.91 Å². The molecule has 9 heteroatoms. The van der Waals surface area contributed by atoms with Crippen LogP contribution >= 0.6 is 58.0 Å². The second-order valence-electron chi connectivity index (χ2n) is 5.75. The predicted octanol–water partition coefficient (Wildman–Crippen LogP) is 4.01. The van der Waals surface area contributed by atoms with Crippen molar-refractivity contribution in [3.63, 3.8) is 0 Å². The largest absolute Gasteiger partial charge is 0.328 e. The van der Waals surface area contributed by atoms with Crippen LogP contribution < -0.4 is 0 Å². The number of halogens is 5. The van der Waals surface area contributed by atoms with Gasteiger partial charge in [-0.1, -0.05) is 48.7 Å². The summed E-state index contributed by atoms with van der Waals surface area (Å²) in [5.41, 5.74) is 0.245. The Morgan fingerprint density at radius 2 is 1.70 bits per heavy atom. The molecule has 0 unspecified atom stereocenters. The van der Waals surface area contributed by atoms with Gasteiger partial charge >= 0.3 is 0 Å². The van der Waals surface area contributed by atoms with E-state index >= 15 is 0 Å². The predicted molar refractivity (Wildman–Crippen MR) is 96.1 cm³/mol. The van der Waals surface area contributed by atoms with Crippen LogP contribution in [0.5, 0.6) is 0 Å². The standard InChI is InChI=1S/C14H19Cl5N2O2/c1-7(11(15)16)5-9-12(22)21(4)10(13(23)20(9)3)6-8(2)14(17,18)19/h5,7-8,10-11H,6H2,1-4H3/b9-5-/t7-,8+,10-/m0/s1. The van der Waals surface area contributed by atoms with Gasteiger partial charge in [0.1, 0.15) is 16.6 Å². The van der Waals surface area contributed by atoms with Gasteiger partial charge in [0, 0.05) is 25.9 Å². The normalized spacial score (nSPS) is 24.6. The zero-order valence-electron chi connectivity index (χ0n) is 13.2. The Morgan fingerprint density at radius 1 is 1.17 bits per heavy atom. The van der Waals surface area contributed by atoms with Crippen LogP contribution in [-0.2, 0) is 9.59 Å². The highest BCUT2D eigenvalue weighted by molar-refractivity contribution is 6.67. The van der Waals surface area contributed by atoms with E-state index < -0.39 is 20.6 Å². The van der Waals surface area contributed by atoms with E-state index in [1.165, 1.54) is 16.8 Å². The van der Waals surface area contributed by atoms with Gasteiger partial charge in [-0.15, -0.1) is 23.2 Å². The molecule has 0 radical (unpaired) electrons. The number of amides is 2. The summed E-state index contributed by atoms with van der Waals surface area (Å²) >= 11 is 29.2. The van der Waals surface area contributed by atoms with Gasteiger partial charge in [-0.25, -0.2) is 0 Å². The van der Waals surface area contributed by atoms with Gasteiger partial charge < -0.3 is 9.80 Å². The Hall–Kier alpha value is 0.130. The molecule has 132 valence electrons. The Morgan fingerprint density at radius 3 is 2.13 bits per heavy atom. The van der Waals surface area contributed by atoms with Crippen molar-refractivity contribution in [2.24, 2.45) is 11.8 Å². The summed E-state index contributed by atoms with van der Waals surface area (Å²) in [6.45, 7) is 3.48. The number of carbonyl (C=O) groups is 2. The number of hydrogen-bond acceptors (Lipinski definition) is 2. The fourth-order valence-electron chi connectivity index (χ4n) is 2.21. The van der Waals surface area contributed by atoms with Crippen molar-refractivity contribution in [1.29, 1.82) is 0 Å². The first-order valence-electron chi connectivity index (χ1n) is 6.99. The quantitative estimate of drug-likeness (QED) is 0.505. The van der Waals surface area contributed by atoms with Crippen molar-refractivity contribution < 1.29 is 9.59 Å². The summed E-state index contributed by atoms with van der Waals surface area (Å²) in [6, 6.07) is -0.687. The number of allylic oxidation sites excluding steroid dienone is 1. The number of hydrogen-bond donors (Lipinski definition) is 0. The Bertz CT molecular complexity index is 504. The van der Waals surface area contributed by atoms with Crippen molar-refractivity contribution in [1.82, 2.24) is 9.80 Å². The van der Waals surface area contributed by atoms with Crippen molar-refractivity contribution in [2.75, 3.05) is 14.1 Å². The summed E-state index contributed by atoms with van der Waals surface area (Å²) in [5.74, 6) is -1.22. The van der Waals surface area contributed by atoms with Gasteiger partial charge in [-0.3, -0.25) is 9.59 Å². The summed E-state index contributed by atoms with van der Waals surface area (Å²) in [5, 5.41) is 0. The summed E-state index contributed by atoms with van der Waals surface area (Å²) in [4.78, 5) is 27.2. The van der Waals surface area contributed by atoms with Gasteiger partial charge in [-0.2, -0.15) is 0 Å². The van der Waals surface area contributed by atoms with Crippen molar-refractivity contribution >= 4 is 69.8 Å². The van der Waals surface area contributed by atoms with Gasteiger partial charge in [-0.05, 0) is 12.5 Å². The van der Waals surface area contributed by atoms with Crippen molar-refractivity contribution in [3.05, 3.63) is 11.8 Å². The number of rotatable bonds is 4. The van der Waals surface area contributed by atoms with Crippen LogP contribution in [0.4, 0.5) is 0 Å². The maximum absolute atomic E-state index is 12.6. The number of alkyl halides is 5. The zero-order valence-corrected chi connectivity index (χ0v) is 17.0. The lowest BCUT2D eigenvalue weighted by Crippen LogP contribution is -2.56. The molecule has 0 aromatic carbocycles. The topological polar surface area (TPSA) is 40.6 Å². The third kappa shape index (κ3) is 5.05. The van der Waals surface area contributed by atoms with Gasteiger partial charge in [0.25, 0.3) is 5.91 Å². The fraction of sp³-hybridized carbons (Fsp3) is 0.714. The third-order valence-electron chi connectivity index (χ3n) is 3.94. The molecule has 23 heavy (non-hydrogen) atoms. The highest BCUT2D eigenvalue weighted by Gasteiger charge is 2.42. The van der Waals surface area contributed by atoms with E-state index in [-0.39, 0.29) is 29.9 Å². The Kier molecular flexibility index (Phi) is 7.37. The molecular weight excluding hydrogens is 405 g/mol. The highest BCUT2D eigenvalue weighted by Crippen LogP contribution is 2.38. The minimum atomic E-state index is -1.50. The minimum Gasteiger partial charge on any atom is -0.328 e. The number of nitrogens with zero attached hydrogens (tertiary/aromatic N) is 2. The second kappa shape index (κ2) is 8.01. The molecule has 0 bridgehead atoms. The lowest BCUT2D eigenvalue weighted by Gasteiger charge is -2.40. The van der Waals surface area contributed by atoms with E-state index in [4.69, 9.17) is 58.0 Å². The van der Waals surface area contributed by atoms with E-state index in [1.54, 1.807) is 27.0 Å². The molecule has 1 heterocycles. The number of likely N-dealkylation sites (N-methyl/N-ethyl adjacent to an activating group) is 2. The van der Waals surface area contributed by atoms with E-state index in [0.29, 0.717) is 0 Å². The van der Waals surface area contributed by atoms with Crippen molar-refractivity contribution in [2.45, 2.75) is 34.9 Å². The van der Waals surface area contributed by atoms with Gasteiger partial charge in [0.05, 0.1) is 0 Å². The van der Waals surface area contributed by atoms with Crippen LogP contribution in [0, 0.1) is 11.8 Å². The Labute approximate surface area is 161 Å². The molecule has 0 aromatic heterocycles. The second-order valence-corrected chi connectivity index (χ2v) is 9.29. The van der Waals surface area contributed by atoms with E-state index in [1.807, 2.05) is 0 Å². The number of carbonyl (C=O) groups excluding carboxylic acids is 2. The lowest BCUT2D eigenvalue weighted by atomic mass is 9.97. The molecule has 1 aliphatic rings. The molecule has 1 fully saturated rings. The van der Waals surface area contributed by atoms with E-state index in [0.717, 1.165) is 0 Å². The maximum atomic E-state index is 12.6. The maximum Gasteiger partial charge on any atom is 0.270 e. The van der Waals surface area contributed by atoms with E-state index in [2.05, 4.69) is 0 Å². The molecular formula is C14H19Cl5N2O2. The summed E-state index contributed by atoms with van der Waals surface area (Å²) in [7, 11) is 3.09. The SMILES string of the molecule is C[C@H](C[C@H]1C(=O)N(C)/C(=C\[C@H](C)C(Cl)Cl)C(=O)N1C)C(Cl)(Cl)Cl. The molecule has 3 atom stereocenters. The molecule has 0 aliphatic carbocycles. The summed E-state index contributed by atoms with van der Waals surface area (Å²) < 4.78 is -1.50. The first kappa shape index (κ1) is 21.2. The van der Waals surface area contributed by atoms with E-state index in [9.17, 15) is 9.59 Å². The molecule has 1 aliphatic heterocycles. The smallest absolute Gasteiger partial charge is 0.270 e. The average Bonchev–Trinajstić information content (AvgIpc) is 2.44. The molecule has 0 spiro atoms. The molecule has 2 amide bonds. The van der Waals surface area contributed by atoms with Crippen molar-refractivity contribution in [3.8, 4) is 0 Å². The van der Waals surface area contributed by atoms with Gasteiger partial charge in [0.15, 0.2) is 3.79 Å². The average molecular weight is 425 g/mol. The first-order chi connectivity index (χ1) is 10.4. The molecule has 0 saturated carbocycles. The molecule has 0 aromatic rings. The van der Waals surface area contributed by atoms with Crippen LogP contribution in [0.15, 0.2) is 11.8 Å². The molecule has 1 saturated heterocycles. The van der Waals surface area contributed by atoms with Crippen LogP contribution in [0.3, 0.4) is 0 Å². The highest BCUT2D eigenvalue weighted by atomic mass is 35.6. The van der Waals surface area contributed by atoms with Crippen LogP contribution in [0.2, 0.25) is 0 Å². The minimum absolute atomic E-state index is 0.243. The number of piperazine rings is 1. The first-order valence-corrected chi connectivity index (χ1v) is 9.00. The van der Waals surface area contributed by atoms with Crippen LogP contribution in [0.1, 0.15) is 20.3 Å². The molecule has 0 N–H and O–H groups in total. The molecule has 4 nitrogen and oxygen atoms in total. The zero-order chi connectivity index (χ0) is 18.1. The lowest BCUT2D eigenvalue weighted by molar-refractivity contribution is -0.149. The Balaban J connectivity index is 3.05. The third-order valence-corrected chi connectivity index (χ3v) is 5.85. The summed E-state index contributed by atoms with van der Waals surface area (Å²) in [6.07, 6.45) is 1.84.